The minimum Gasteiger partial charge on any atom is -0.257 e. The van der Waals surface area contributed by atoms with Crippen LogP contribution in [0, 0.1) is 11.3 Å². The third kappa shape index (κ3) is 2.24. The first kappa shape index (κ1) is 13.3. The summed E-state index contributed by atoms with van der Waals surface area (Å²) >= 11 is 2.39. The molecule has 0 saturated carbocycles. The molecule has 0 fully saturated rings. The molecule has 3 nitrogen and oxygen atoms in total. The number of rotatable bonds is 4. The van der Waals surface area contributed by atoms with Crippen LogP contribution < -0.4 is 0 Å². The maximum Gasteiger partial charge on any atom is 0.146 e. The van der Waals surface area contributed by atoms with E-state index in [0.717, 1.165) is 34.6 Å². The van der Waals surface area contributed by atoms with Crippen molar-refractivity contribution >= 4 is 33.5 Å². The zero-order valence-electron chi connectivity index (χ0n) is 10.7. The predicted molar refractivity (Wildman–Crippen MR) is 82.0 cm³/mol. The lowest BCUT2D eigenvalue weighted by Crippen LogP contribution is -1.97. The van der Waals surface area contributed by atoms with Gasteiger partial charge in [-0.15, -0.1) is 0 Å². The largest absolute Gasteiger partial charge is 0.257 e. The Hall–Kier alpha value is -1.09. The second kappa shape index (κ2) is 5.70. The third-order valence-electron chi connectivity index (χ3n) is 3.18. The Bertz CT molecular complexity index is 608. The van der Waals surface area contributed by atoms with Crippen LogP contribution in [0.3, 0.4) is 0 Å². The summed E-state index contributed by atoms with van der Waals surface area (Å²) in [6.45, 7) is 2.19. The lowest BCUT2D eigenvalue weighted by Gasteiger charge is -2.08. The first-order valence-electron chi connectivity index (χ1n) is 6.16. The molecular weight excluding hydrogens is 337 g/mol. The minimum absolute atomic E-state index is 0.655. The highest BCUT2D eigenvalue weighted by Gasteiger charge is 2.14. The van der Waals surface area contributed by atoms with Crippen molar-refractivity contribution in [1.82, 2.24) is 9.78 Å². The van der Waals surface area contributed by atoms with E-state index in [1.807, 2.05) is 13.1 Å². The van der Waals surface area contributed by atoms with Gasteiger partial charge in [-0.25, -0.2) is 0 Å². The zero-order chi connectivity index (χ0) is 13.1. The van der Waals surface area contributed by atoms with Gasteiger partial charge in [0.05, 0.1) is 5.52 Å². The summed E-state index contributed by atoms with van der Waals surface area (Å²) in [5, 5.41) is 14.7. The van der Waals surface area contributed by atoms with Crippen molar-refractivity contribution in [2.24, 2.45) is 7.05 Å². The molecule has 1 heterocycles. The molecule has 0 radical (unpaired) electrons. The third-order valence-corrected chi connectivity index (χ3v) is 3.72. The average molecular weight is 353 g/mol. The van der Waals surface area contributed by atoms with Gasteiger partial charge >= 0.3 is 0 Å². The van der Waals surface area contributed by atoms with Crippen LogP contribution in [-0.4, -0.2) is 14.2 Å². The molecule has 1 aromatic carbocycles. The van der Waals surface area contributed by atoms with Crippen molar-refractivity contribution in [3.8, 4) is 6.07 Å². The molecule has 0 atom stereocenters. The van der Waals surface area contributed by atoms with Gasteiger partial charge in [0.2, 0.25) is 0 Å². The van der Waals surface area contributed by atoms with E-state index in [0.29, 0.717) is 5.69 Å². The molecule has 4 heteroatoms. The number of halogens is 1. The second-order valence-corrected chi connectivity index (χ2v) is 5.45. The maximum atomic E-state index is 9.19. The number of hydrogen-bond acceptors (Lipinski definition) is 2. The number of alkyl halides is 1. The number of nitriles is 1. The normalized spacial score (nSPS) is 10.8. The lowest BCUT2D eigenvalue weighted by atomic mass is 9.98. The summed E-state index contributed by atoms with van der Waals surface area (Å²) < 4.78 is 2.77. The van der Waals surface area contributed by atoms with Gasteiger partial charge in [-0.3, -0.25) is 4.68 Å². The van der Waals surface area contributed by atoms with Gasteiger partial charge in [0, 0.05) is 16.9 Å². The fourth-order valence-electron chi connectivity index (χ4n) is 2.37. The van der Waals surface area contributed by atoms with E-state index >= 15 is 0 Å². The van der Waals surface area contributed by atoms with Crippen molar-refractivity contribution in [2.45, 2.75) is 26.2 Å². The van der Waals surface area contributed by atoms with Crippen molar-refractivity contribution < 1.29 is 0 Å². The Labute approximate surface area is 121 Å². The summed E-state index contributed by atoms with van der Waals surface area (Å²) in [5.74, 6) is 0. The van der Waals surface area contributed by atoms with Crippen LogP contribution in [-0.2, 0) is 19.9 Å². The molecule has 0 aliphatic carbocycles. The first-order chi connectivity index (χ1) is 8.72. The standard InChI is InChI=1S/C14H16IN3/c1-3-4-10-5-6-12-13(9-16)18(2)17-14(12)11(10)7-8-15/h5-6H,3-4,7-8H2,1-2H3. The summed E-state index contributed by atoms with van der Waals surface area (Å²) in [7, 11) is 1.84. The molecule has 1 aromatic heterocycles. The number of benzene rings is 1. The molecule has 0 saturated heterocycles. The number of aromatic nitrogens is 2. The van der Waals surface area contributed by atoms with Crippen LogP contribution in [0.4, 0.5) is 0 Å². The van der Waals surface area contributed by atoms with Gasteiger partial charge in [0.25, 0.3) is 0 Å². The summed E-state index contributed by atoms with van der Waals surface area (Å²) in [6, 6.07) is 6.44. The highest BCUT2D eigenvalue weighted by molar-refractivity contribution is 14.1. The van der Waals surface area contributed by atoms with Gasteiger partial charge in [0.15, 0.2) is 0 Å². The monoisotopic (exact) mass is 353 g/mol. The molecule has 0 N–H and O–H groups in total. The lowest BCUT2D eigenvalue weighted by molar-refractivity contribution is 0.765. The second-order valence-electron chi connectivity index (χ2n) is 4.37. The Kier molecular flexibility index (Phi) is 4.23. The van der Waals surface area contributed by atoms with Crippen molar-refractivity contribution in [3.05, 3.63) is 29.0 Å². The Morgan fingerprint density at radius 3 is 2.78 bits per heavy atom. The van der Waals surface area contributed by atoms with Crippen LogP contribution in [0.2, 0.25) is 0 Å². The number of fused-ring (bicyclic) bond motifs is 1. The SMILES string of the molecule is CCCc1ccc2c(C#N)n(C)nc2c1CCI. The fraction of sp³-hybridized carbons (Fsp3) is 0.429. The molecule has 94 valence electrons. The maximum absolute atomic E-state index is 9.19. The van der Waals surface area contributed by atoms with Gasteiger partial charge in [-0.1, -0.05) is 42.0 Å². The first-order valence-corrected chi connectivity index (χ1v) is 7.69. The van der Waals surface area contributed by atoms with Gasteiger partial charge in [-0.2, -0.15) is 10.4 Å². The molecule has 0 spiro atoms. The van der Waals surface area contributed by atoms with E-state index in [1.165, 1.54) is 11.1 Å². The quantitative estimate of drug-likeness (QED) is 0.625. The van der Waals surface area contributed by atoms with E-state index in [1.54, 1.807) is 4.68 Å². The summed E-state index contributed by atoms with van der Waals surface area (Å²) in [6.07, 6.45) is 3.24. The smallest absolute Gasteiger partial charge is 0.146 e. The molecule has 2 rings (SSSR count). The molecule has 0 unspecified atom stereocenters. The highest BCUT2D eigenvalue weighted by Crippen LogP contribution is 2.26. The van der Waals surface area contributed by atoms with Crippen LogP contribution >= 0.6 is 22.6 Å². The predicted octanol–water partition coefficient (Wildman–Crippen LogP) is 3.37. The Balaban J connectivity index is 2.70. The zero-order valence-corrected chi connectivity index (χ0v) is 12.9. The van der Waals surface area contributed by atoms with E-state index in [2.05, 4.69) is 46.7 Å². The summed E-state index contributed by atoms with van der Waals surface area (Å²) in [4.78, 5) is 0. The van der Waals surface area contributed by atoms with E-state index < -0.39 is 0 Å². The molecular formula is C14H16IN3. The topological polar surface area (TPSA) is 41.6 Å². The minimum atomic E-state index is 0.655. The van der Waals surface area contributed by atoms with Crippen LogP contribution in [0.15, 0.2) is 12.1 Å². The number of hydrogen-bond donors (Lipinski definition) is 0. The van der Waals surface area contributed by atoms with Crippen LogP contribution in [0.25, 0.3) is 10.9 Å². The van der Waals surface area contributed by atoms with Crippen molar-refractivity contribution in [1.29, 1.82) is 5.26 Å². The molecule has 18 heavy (non-hydrogen) atoms. The summed E-state index contributed by atoms with van der Waals surface area (Å²) in [5.41, 5.74) is 4.37. The Morgan fingerprint density at radius 1 is 1.39 bits per heavy atom. The van der Waals surface area contributed by atoms with Crippen LogP contribution in [0.5, 0.6) is 0 Å². The molecule has 0 bridgehead atoms. The van der Waals surface area contributed by atoms with Gasteiger partial charge in [-0.05, 0) is 30.0 Å². The highest BCUT2D eigenvalue weighted by atomic mass is 127. The fourth-order valence-corrected chi connectivity index (χ4v) is 2.91. The van der Waals surface area contributed by atoms with E-state index in [9.17, 15) is 5.26 Å². The van der Waals surface area contributed by atoms with Gasteiger partial charge in [0.1, 0.15) is 11.8 Å². The van der Waals surface area contributed by atoms with Crippen molar-refractivity contribution in [3.63, 3.8) is 0 Å². The molecule has 0 aliphatic heterocycles. The Morgan fingerprint density at radius 2 is 2.17 bits per heavy atom. The molecule has 0 amide bonds. The molecule has 0 aliphatic rings. The van der Waals surface area contributed by atoms with Crippen LogP contribution in [0.1, 0.15) is 30.2 Å². The van der Waals surface area contributed by atoms with Gasteiger partial charge < -0.3 is 0 Å². The van der Waals surface area contributed by atoms with E-state index in [-0.39, 0.29) is 0 Å². The molecule has 2 aromatic rings. The van der Waals surface area contributed by atoms with E-state index in [4.69, 9.17) is 0 Å². The average Bonchev–Trinajstić information content (AvgIpc) is 2.68. The van der Waals surface area contributed by atoms with Crippen molar-refractivity contribution in [2.75, 3.05) is 4.43 Å². The number of aryl methyl sites for hydroxylation is 3. The number of nitrogens with zero attached hydrogens (tertiary/aromatic N) is 3.